The first-order valence-electron chi connectivity index (χ1n) is 11.2. The van der Waals surface area contributed by atoms with Crippen molar-refractivity contribution in [3.05, 3.63) is 95.7 Å². The second-order valence-electron chi connectivity index (χ2n) is 8.80. The van der Waals surface area contributed by atoms with E-state index in [1.54, 1.807) is 5.57 Å². The lowest BCUT2D eigenvalue weighted by Crippen LogP contribution is -1.97. The van der Waals surface area contributed by atoms with Gasteiger partial charge >= 0.3 is 0 Å². The highest BCUT2D eigenvalue weighted by Crippen LogP contribution is 2.40. The van der Waals surface area contributed by atoms with E-state index in [0.717, 1.165) is 29.3 Å². The van der Waals surface area contributed by atoms with Crippen molar-refractivity contribution in [1.29, 1.82) is 0 Å². The SMILES string of the molecule is C(#Cc1cc2c(ccc3c4cc5ccccc5cc4ccc23)[nH]1)C1=CC=C(C2CS2)CC1. The molecule has 1 aliphatic heterocycles. The molecule has 0 radical (unpaired) electrons. The minimum absolute atomic E-state index is 0.789. The van der Waals surface area contributed by atoms with Crippen molar-refractivity contribution in [2.75, 3.05) is 5.75 Å². The number of aromatic nitrogens is 1. The van der Waals surface area contributed by atoms with Crippen molar-refractivity contribution in [1.82, 2.24) is 4.98 Å². The highest BCUT2D eigenvalue weighted by Gasteiger charge is 2.27. The average Bonchev–Trinajstić information content (AvgIpc) is 3.60. The fourth-order valence-corrected chi connectivity index (χ4v) is 5.67. The minimum Gasteiger partial charge on any atom is -0.348 e. The molecule has 32 heavy (non-hydrogen) atoms. The van der Waals surface area contributed by atoms with Gasteiger partial charge < -0.3 is 4.98 Å². The first-order valence-corrected chi connectivity index (χ1v) is 12.3. The molecule has 1 atom stereocenters. The highest BCUT2D eigenvalue weighted by molar-refractivity contribution is 8.07. The molecule has 1 nitrogen and oxygen atoms in total. The van der Waals surface area contributed by atoms with Gasteiger partial charge in [0.1, 0.15) is 0 Å². The number of fused-ring (bicyclic) bond motifs is 6. The molecule has 7 rings (SSSR count). The summed E-state index contributed by atoms with van der Waals surface area (Å²) in [7, 11) is 0. The van der Waals surface area contributed by atoms with Gasteiger partial charge in [-0.1, -0.05) is 66.1 Å². The molecule has 1 aromatic heterocycles. The first-order chi connectivity index (χ1) is 15.8. The molecular formula is C30H21NS. The number of hydrogen-bond donors (Lipinski definition) is 1. The van der Waals surface area contributed by atoms with Crippen molar-refractivity contribution in [3.8, 4) is 11.8 Å². The molecule has 1 saturated heterocycles. The largest absolute Gasteiger partial charge is 0.348 e. The van der Waals surface area contributed by atoms with Crippen molar-refractivity contribution in [3.63, 3.8) is 0 Å². The van der Waals surface area contributed by atoms with Crippen LogP contribution in [0.25, 0.3) is 43.2 Å². The lowest BCUT2D eigenvalue weighted by atomic mass is 9.96. The maximum Gasteiger partial charge on any atom is 0.0908 e. The van der Waals surface area contributed by atoms with Gasteiger partial charge in [0.05, 0.1) is 5.69 Å². The second kappa shape index (κ2) is 7.05. The first kappa shape index (κ1) is 18.2. The van der Waals surface area contributed by atoms with Crippen molar-refractivity contribution in [2.45, 2.75) is 18.1 Å². The molecular weight excluding hydrogens is 406 g/mol. The number of aromatic amines is 1. The predicted molar refractivity (Wildman–Crippen MR) is 139 cm³/mol. The number of thioether (sulfide) groups is 1. The zero-order valence-electron chi connectivity index (χ0n) is 17.6. The molecule has 0 bridgehead atoms. The van der Waals surface area contributed by atoms with Gasteiger partial charge in [-0.2, -0.15) is 11.8 Å². The third-order valence-electron chi connectivity index (χ3n) is 6.77. The molecule has 1 unspecified atom stereocenters. The van der Waals surface area contributed by atoms with E-state index in [2.05, 4.69) is 107 Å². The summed E-state index contributed by atoms with van der Waals surface area (Å²) in [6, 6.07) is 24.4. The molecule has 4 aromatic carbocycles. The maximum absolute atomic E-state index is 3.52. The summed E-state index contributed by atoms with van der Waals surface area (Å²) in [4.78, 5) is 3.52. The summed E-state index contributed by atoms with van der Waals surface area (Å²) in [5, 5.41) is 9.77. The van der Waals surface area contributed by atoms with E-state index < -0.39 is 0 Å². The van der Waals surface area contributed by atoms with E-state index in [0.29, 0.717) is 0 Å². The number of hydrogen-bond acceptors (Lipinski definition) is 1. The lowest BCUT2D eigenvalue weighted by molar-refractivity contribution is 0.909. The summed E-state index contributed by atoms with van der Waals surface area (Å²) >= 11 is 2.05. The Bertz CT molecular complexity index is 1680. The van der Waals surface area contributed by atoms with Crippen LogP contribution >= 0.6 is 11.8 Å². The normalized spacial score (nSPS) is 17.9. The van der Waals surface area contributed by atoms with E-state index in [1.807, 2.05) is 0 Å². The molecule has 152 valence electrons. The molecule has 0 amide bonds. The summed E-state index contributed by atoms with van der Waals surface area (Å²) in [5.41, 5.74) is 4.96. The molecule has 2 heterocycles. The van der Waals surface area contributed by atoms with Gasteiger partial charge in [0, 0.05) is 27.5 Å². The summed E-state index contributed by atoms with van der Waals surface area (Å²) < 4.78 is 0. The quantitative estimate of drug-likeness (QED) is 0.125. The standard InChI is InChI=1S/C30H21NS/c1-2-4-22-16-27-23(15-21(22)3-1)10-12-26-25(27)13-14-29-28(26)17-24(31-29)11-7-19-5-8-20(9-6-19)30-18-32-30/h1-5,8,10,12-17,30-31H,6,9,18H2. The molecule has 0 spiro atoms. The van der Waals surface area contributed by atoms with Crippen LogP contribution in [0.5, 0.6) is 0 Å². The number of H-pyrrole nitrogens is 1. The summed E-state index contributed by atoms with van der Waals surface area (Å²) in [6.07, 6.45) is 6.75. The Kier molecular flexibility index (Phi) is 4.01. The van der Waals surface area contributed by atoms with Crippen LogP contribution < -0.4 is 0 Å². The van der Waals surface area contributed by atoms with E-state index in [1.165, 1.54) is 49.0 Å². The van der Waals surface area contributed by atoms with E-state index in [4.69, 9.17) is 0 Å². The van der Waals surface area contributed by atoms with Crippen LogP contribution in [0.2, 0.25) is 0 Å². The van der Waals surface area contributed by atoms with Crippen LogP contribution in [0.1, 0.15) is 18.5 Å². The van der Waals surface area contributed by atoms with Gasteiger partial charge in [-0.25, -0.2) is 0 Å². The molecule has 2 heteroatoms. The van der Waals surface area contributed by atoms with Gasteiger partial charge in [0.15, 0.2) is 0 Å². The van der Waals surface area contributed by atoms with Gasteiger partial charge in [0.2, 0.25) is 0 Å². The summed E-state index contributed by atoms with van der Waals surface area (Å²) in [5.74, 6) is 8.09. The Labute approximate surface area is 191 Å². The smallest absolute Gasteiger partial charge is 0.0908 e. The van der Waals surface area contributed by atoms with E-state index in [9.17, 15) is 0 Å². The zero-order chi connectivity index (χ0) is 21.1. The predicted octanol–water partition coefficient (Wildman–Crippen LogP) is 7.74. The maximum atomic E-state index is 3.52. The Balaban J connectivity index is 1.32. The molecule has 2 aliphatic rings. The van der Waals surface area contributed by atoms with E-state index in [-0.39, 0.29) is 0 Å². The highest BCUT2D eigenvalue weighted by atomic mass is 32.2. The number of allylic oxidation sites excluding steroid dienone is 3. The molecule has 1 fully saturated rings. The van der Waals surface area contributed by atoms with Gasteiger partial charge in [-0.3, -0.25) is 0 Å². The topological polar surface area (TPSA) is 15.8 Å². The number of nitrogens with one attached hydrogen (secondary N) is 1. The Morgan fingerprint density at radius 2 is 1.53 bits per heavy atom. The van der Waals surface area contributed by atoms with Gasteiger partial charge in [0.25, 0.3) is 0 Å². The van der Waals surface area contributed by atoms with Crippen LogP contribution in [0.3, 0.4) is 0 Å². The monoisotopic (exact) mass is 427 g/mol. The van der Waals surface area contributed by atoms with Crippen LogP contribution in [0.15, 0.2) is 90.0 Å². The minimum atomic E-state index is 0.789. The molecule has 0 saturated carbocycles. The van der Waals surface area contributed by atoms with Gasteiger partial charge in [-0.15, -0.1) is 0 Å². The molecule has 1 aliphatic carbocycles. The fraction of sp³-hybridized carbons (Fsp3) is 0.133. The Morgan fingerprint density at radius 1 is 0.719 bits per heavy atom. The van der Waals surface area contributed by atoms with Gasteiger partial charge in [-0.05, 0) is 75.3 Å². The average molecular weight is 428 g/mol. The Morgan fingerprint density at radius 3 is 2.34 bits per heavy atom. The zero-order valence-corrected chi connectivity index (χ0v) is 18.4. The van der Waals surface area contributed by atoms with Crippen LogP contribution in [-0.2, 0) is 0 Å². The number of benzene rings is 4. The molecule has 1 N–H and O–H groups in total. The van der Waals surface area contributed by atoms with Crippen LogP contribution in [0.4, 0.5) is 0 Å². The second-order valence-corrected chi connectivity index (χ2v) is 10.0. The third kappa shape index (κ3) is 3.05. The fourth-order valence-electron chi connectivity index (χ4n) is 4.95. The third-order valence-corrected chi connectivity index (χ3v) is 7.74. The lowest BCUT2D eigenvalue weighted by Gasteiger charge is -2.08. The van der Waals surface area contributed by atoms with Crippen molar-refractivity contribution < 1.29 is 0 Å². The van der Waals surface area contributed by atoms with Crippen LogP contribution in [-0.4, -0.2) is 16.0 Å². The summed E-state index contributed by atoms with van der Waals surface area (Å²) in [6.45, 7) is 0. The van der Waals surface area contributed by atoms with Crippen molar-refractivity contribution >= 4 is 55.0 Å². The van der Waals surface area contributed by atoms with Crippen LogP contribution in [0, 0.1) is 11.8 Å². The van der Waals surface area contributed by atoms with Crippen molar-refractivity contribution in [2.24, 2.45) is 0 Å². The molecule has 5 aromatic rings. The number of rotatable bonds is 1. The Hall–Kier alpha value is -3.41. The van der Waals surface area contributed by atoms with E-state index >= 15 is 0 Å².